The van der Waals surface area contributed by atoms with Crippen molar-refractivity contribution < 1.29 is 14.3 Å². The average Bonchev–Trinajstić information content (AvgIpc) is 3.31. The molecule has 8 nitrogen and oxygen atoms in total. The number of carbonyl (C=O) groups is 1. The van der Waals surface area contributed by atoms with Crippen molar-refractivity contribution >= 4 is 33.7 Å². The van der Waals surface area contributed by atoms with E-state index in [2.05, 4.69) is 22.4 Å². The topological polar surface area (TPSA) is 94.8 Å². The molecule has 2 atom stereocenters. The van der Waals surface area contributed by atoms with Crippen LogP contribution in [0.4, 0.5) is 0 Å². The Morgan fingerprint density at radius 3 is 2.82 bits per heavy atom. The second-order valence-corrected chi connectivity index (χ2v) is 11.2. The number of benzene rings is 2. The quantitative estimate of drug-likeness (QED) is 0.243. The molecule has 39 heavy (non-hydrogen) atoms. The standard InChI is InChI=1S/C30H32N4O4S/c1-18-5-8-21(9-6-18)16-38-24-12-10-22(14-25(24)37-4)15-32-33-28(35)20(3)34-17-31-29-27(30(34)36)23-11-7-19(2)13-26(23)39-29/h5-6,8-10,12,14-15,17,19-20H,7,11,13,16H2,1-4H3,(H,33,35)/b32-15-/t19-,20+/m1/s1. The number of hydrazone groups is 1. The number of hydrogen-bond acceptors (Lipinski definition) is 7. The number of aromatic nitrogens is 2. The molecule has 0 radical (unpaired) electrons. The summed E-state index contributed by atoms with van der Waals surface area (Å²) < 4.78 is 12.8. The van der Waals surface area contributed by atoms with Gasteiger partial charge in [0, 0.05) is 4.88 Å². The monoisotopic (exact) mass is 544 g/mol. The first-order valence-corrected chi connectivity index (χ1v) is 13.9. The second-order valence-electron chi connectivity index (χ2n) is 10.1. The highest BCUT2D eigenvalue weighted by Crippen LogP contribution is 2.35. The van der Waals surface area contributed by atoms with Crippen LogP contribution in [0.15, 0.2) is 58.7 Å². The van der Waals surface area contributed by atoms with Gasteiger partial charge >= 0.3 is 0 Å². The Bertz CT molecular complexity index is 1590. The van der Waals surface area contributed by atoms with E-state index in [0.29, 0.717) is 29.4 Å². The summed E-state index contributed by atoms with van der Waals surface area (Å²) in [7, 11) is 1.58. The first kappa shape index (κ1) is 26.6. The first-order chi connectivity index (χ1) is 18.8. The fourth-order valence-corrected chi connectivity index (χ4v) is 6.08. The number of nitrogens with zero attached hydrogens (tertiary/aromatic N) is 3. The van der Waals surface area contributed by atoms with Crippen molar-refractivity contribution in [1.29, 1.82) is 0 Å². The minimum absolute atomic E-state index is 0.176. The summed E-state index contributed by atoms with van der Waals surface area (Å²) >= 11 is 1.60. The Morgan fingerprint density at radius 1 is 1.26 bits per heavy atom. The van der Waals surface area contributed by atoms with Crippen LogP contribution in [0, 0.1) is 12.8 Å². The van der Waals surface area contributed by atoms with Gasteiger partial charge in [-0.25, -0.2) is 10.4 Å². The number of thiophene rings is 1. The van der Waals surface area contributed by atoms with Crippen LogP contribution in [-0.4, -0.2) is 28.8 Å². The number of methoxy groups -OCH3 is 1. The molecular formula is C30H32N4O4S. The van der Waals surface area contributed by atoms with Crippen LogP contribution >= 0.6 is 11.3 Å². The normalized spacial score (nSPS) is 15.7. The Labute approximate surface area is 231 Å². The van der Waals surface area contributed by atoms with E-state index < -0.39 is 11.9 Å². The molecule has 2 aromatic carbocycles. The highest BCUT2D eigenvalue weighted by atomic mass is 32.1. The maximum atomic E-state index is 13.3. The van der Waals surface area contributed by atoms with Gasteiger partial charge in [-0.05, 0) is 73.9 Å². The maximum Gasteiger partial charge on any atom is 0.263 e. The lowest BCUT2D eigenvalue weighted by Gasteiger charge is -2.18. The predicted octanol–water partition coefficient (Wildman–Crippen LogP) is 5.19. The van der Waals surface area contributed by atoms with Gasteiger partial charge in [-0.15, -0.1) is 11.3 Å². The minimum atomic E-state index is -0.767. The van der Waals surface area contributed by atoms with E-state index in [4.69, 9.17) is 9.47 Å². The minimum Gasteiger partial charge on any atom is -0.493 e. The first-order valence-electron chi connectivity index (χ1n) is 13.0. The highest BCUT2D eigenvalue weighted by molar-refractivity contribution is 7.18. The third kappa shape index (κ3) is 5.73. The van der Waals surface area contributed by atoms with E-state index in [1.165, 1.54) is 27.5 Å². The molecule has 9 heteroatoms. The molecule has 2 heterocycles. The summed E-state index contributed by atoms with van der Waals surface area (Å²) in [5.74, 6) is 1.38. The molecule has 1 N–H and O–H groups in total. The van der Waals surface area contributed by atoms with E-state index in [1.807, 2.05) is 43.3 Å². The van der Waals surface area contributed by atoms with E-state index in [9.17, 15) is 9.59 Å². The summed E-state index contributed by atoms with van der Waals surface area (Å²) in [5, 5.41) is 4.76. The van der Waals surface area contributed by atoms with Crippen molar-refractivity contribution in [3.63, 3.8) is 0 Å². The lowest BCUT2D eigenvalue weighted by Crippen LogP contribution is -2.34. The third-order valence-corrected chi connectivity index (χ3v) is 8.29. The third-order valence-electron chi connectivity index (χ3n) is 7.13. The Balaban J connectivity index is 1.25. The summed E-state index contributed by atoms with van der Waals surface area (Å²) in [6.45, 7) is 6.37. The number of rotatable bonds is 8. The molecule has 1 aliphatic rings. The van der Waals surface area contributed by atoms with Crippen LogP contribution in [0.25, 0.3) is 10.2 Å². The van der Waals surface area contributed by atoms with Gasteiger partial charge in [0.05, 0.1) is 25.0 Å². The highest BCUT2D eigenvalue weighted by Gasteiger charge is 2.25. The van der Waals surface area contributed by atoms with Crippen LogP contribution in [0.5, 0.6) is 11.5 Å². The molecule has 0 spiro atoms. The smallest absolute Gasteiger partial charge is 0.263 e. The molecule has 1 aliphatic carbocycles. The van der Waals surface area contributed by atoms with Crippen molar-refractivity contribution in [1.82, 2.24) is 15.0 Å². The van der Waals surface area contributed by atoms with Crippen molar-refractivity contribution in [3.05, 3.63) is 86.3 Å². The number of nitrogens with one attached hydrogen (secondary N) is 1. The fourth-order valence-electron chi connectivity index (χ4n) is 4.74. The van der Waals surface area contributed by atoms with Gasteiger partial charge < -0.3 is 9.47 Å². The molecule has 0 saturated heterocycles. The molecule has 0 saturated carbocycles. The molecule has 1 amide bonds. The lowest BCUT2D eigenvalue weighted by molar-refractivity contribution is -0.123. The van der Waals surface area contributed by atoms with E-state index in [1.54, 1.807) is 31.4 Å². The van der Waals surface area contributed by atoms with Gasteiger partial charge in [0.25, 0.3) is 11.5 Å². The molecule has 0 bridgehead atoms. The zero-order valence-electron chi connectivity index (χ0n) is 22.6. The largest absolute Gasteiger partial charge is 0.493 e. The van der Waals surface area contributed by atoms with Gasteiger partial charge in [0.2, 0.25) is 0 Å². The van der Waals surface area contributed by atoms with Gasteiger partial charge in [0.1, 0.15) is 17.5 Å². The average molecular weight is 545 g/mol. The zero-order valence-corrected chi connectivity index (χ0v) is 23.4. The molecular weight excluding hydrogens is 512 g/mol. The molecule has 2 aromatic heterocycles. The van der Waals surface area contributed by atoms with Gasteiger partial charge in [0.15, 0.2) is 11.5 Å². The Morgan fingerprint density at radius 2 is 2.05 bits per heavy atom. The number of hydrogen-bond donors (Lipinski definition) is 1. The van der Waals surface area contributed by atoms with Crippen molar-refractivity contribution in [2.45, 2.75) is 52.7 Å². The van der Waals surface area contributed by atoms with Crippen LogP contribution in [0.3, 0.4) is 0 Å². The summed E-state index contributed by atoms with van der Waals surface area (Å²) in [6.07, 6.45) is 5.90. The van der Waals surface area contributed by atoms with Crippen LogP contribution in [0.2, 0.25) is 0 Å². The van der Waals surface area contributed by atoms with Gasteiger partial charge in [-0.2, -0.15) is 5.10 Å². The van der Waals surface area contributed by atoms with Crippen molar-refractivity contribution in [2.24, 2.45) is 11.0 Å². The van der Waals surface area contributed by atoms with Crippen LogP contribution < -0.4 is 20.5 Å². The lowest BCUT2D eigenvalue weighted by atomic mass is 9.89. The van der Waals surface area contributed by atoms with E-state index in [-0.39, 0.29) is 5.56 Å². The van der Waals surface area contributed by atoms with E-state index in [0.717, 1.165) is 40.8 Å². The number of aryl methyl sites for hydroxylation is 2. The Hall–Kier alpha value is -3.98. The zero-order chi connectivity index (χ0) is 27.5. The number of ether oxygens (including phenoxy) is 2. The summed E-state index contributed by atoms with van der Waals surface area (Å²) in [4.78, 5) is 32.7. The fraction of sp³-hybridized carbons (Fsp3) is 0.333. The van der Waals surface area contributed by atoms with E-state index >= 15 is 0 Å². The SMILES string of the molecule is COc1cc(/C=N\NC(=O)[C@H](C)n2cnc3sc4c(c3c2=O)CC[C@@H](C)C4)ccc1OCc1ccc(C)cc1. The number of carbonyl (C=O) groups excluding carboxylic acids is 1. The van der Waals surface area contributed by atoms with Gasteiger partial charge in [-0.3, -0.25) is 14.2 Å². The molecule has 202 valence electrons. The van der Waals surface area contributed by atoms with Crippen LogP contribution in [-0.2, 0) is 24.2 Å². The molecule has 5 rings (SSSR count). The summed E-state index contributed by atoms with van der Waals surface area (Å²) in [5.41, 5.74) is 6.45. The number of fused-ring (bicyclic) bond motifs is 3. The maximum absolute atomic E-state index is 13.3. The van der Waals surface area contributed by atoms with Crippen LogP contribution in [0.1, 0.15) is 53.4 Å². The Kier molecular flexibility index (Phi) is 7.79. The molecule has 4 aromatic rings. The van der Waals surface area contributed by atoms with Gasteiger partial charge in [-0.1, -0.05) is 36.8 Å². The summed E-state index contributed by atoms with van der Waals surface area (Å²) in [6, 6.07) is 12.8. The van der Waals surface area contributed by atoms with Crippen molar-refractivity contribution in [3.8, 4) is 11.5 Å². The second kappa shape index (κ2) is 11.4. The van der Waals surface area contributed by atoms with Crippen molar-refractivity contribution in [2.75, 3.05) is 7.11 Å². The molecule has 0 aliphatic heterocycles. The molecule has 0 unspecified atom stereocenters. The molecule has 0 fully saturated rings. The predicted molar refractivity (Wildman–Crippen MR) is 154 cm³/mol. The number of amides is 1.